The van der Waals surface area contributed by atoms with Crippen molar-refractivity contribution in [2.24, 2.45) is 11.8 Å². The van der Waals surface area contributed by atoms with Gasteiger partial charge >= 0.3 is 10.2 Å². The molecule has 1 fully saturated rings. The molecule has 0 radical (unpaired) electrons. The number of amides is 1. The fourth-order valence-corrected chi connectivity index (χ4v) is 7.70. The summed E-state index contributed by atoms with van der Waals surface area (Å²) in [6, 6.07) is 11.2. The van der Waals surface area contributed by atoms with Crippen LogP contribution in [-0.2, 0) is 22.0 Å². The molecule has 2 bridgehead atoms. The van der Waals surface area contributed by atoms with Gasteiger partial charge in [-0.25, -0.2) is 4.72 Å². The van der Waals surface area contributed by atoms with Crippen LogP contribution >= 0.6 is 11.6 Å². The van der Waals surface area contributed by atoms with E-state index in [-0.39, 0.29) is 29.4 Å². The number of hydrogen-bond donors (Lipinski definition) is 3. The fourth-order valence-electron chi connectivity index (χ4n) is 6.68. The summed E-state index contributed by atoms with van der Waals surface area (Å²) in [6.07, 6.45) is 8.31. The average Bonchev–Trinajstić information content (AvgIpc) is 3.02. The summed E-state index contributed by atoms with van der Waals surface area (Å²) in [5.41, 5.74) is 3.26. The molecule has 4 atom stereocenters. The SMILES string of the molecule is O=C1NS(=O)(=O)NCC/C=C\[C@H](O)[C@@H]2CC[C@H]2CN2C[C@@]3(CCCc4cc(Cl)ccc43)COc3ccc1cc32. The van der Waals surface area contributed by atoms with E-state index in [0.29, 0.717) is 31.9 Å². The first-order chi connectivity index (χ1) is 18.7. The third-order valence-electron chi connectivity index (χ3n) is 8.83. The highest BCUT2D eigenvalue weighted by molar-refractivity contribution is 7.88. The standard InChI is InChI=1S/C29H34ClN3O5S/c30-22-8-10-24-19(14-22)4-3-12-29(24)17-33-16-21-6-9-23(21)26(34)5-1-2-13-31-39(36,37)32-28(35)20-7-11-27(38-18-29)25(33)15-20/h1,5,7-8,10-11,14-15,21,23,26,31,34H,2-4,6,9,12-13,16-18H2,(H,32,35)/b5-1-/t21-,23+,26-,29-/m0/s1. The van der Waals surface area contributed by atoms with Gasteiger partial charge in [0.05, 0.1) is 18.4 Å². The summed E-state index contributed by atoms with van der Waals surface area (Å²) in [7, 11) is -4.03. The van der Waals surface area contributed by atoms with Gasteiger partial charge in [0, 0.05) is 35.6 Å². The molecule has 39 heavy (non-hydrogen) atoms. The van der Waals surface area contributed by atoms with Crippen molar-refractivity contribution in [3.8, 4) is 5.75 Å². The lowest BCUT2D eigenvalue weighted by Gasteiger charge is -2.45. The van der Waals surface area contributed by atoms with E-state index in [1.807, 2.05) is 6.07 Å². The molecule has 0 aromatic heterocycles. The fraction of sp³-hybridized carbons (Fsp3) is 0.483. The van der Waals surface area contributed by atoms with Crippen molar-refractivity contribution in [3.05, 3.63) is 70.3 Å². The van der Waals surface area contributed by atoms with Gasteiger partial charge in [0.2, 0.25) is 0 Å². The number of halogens is 1. The number of aliphatic hydroxyl groups is 1. The van der Waals surface area contributed by atoms with Crippen LogP contribution in [0.5, 0.6) is 5.75 Å². The smallest absolute Gasteiger partial charge is 0.301 e. The van der Waals surface area contributed by atoms with Crippen molar-refractivity contribution in [2.45, 2.75) is 50.0 Å². The molecule has 0 unspecified atom stereocenters. The van der Waals surface area contributed by atoms with Crippen LogP contribution in [0.25, 0.3) is 0 Å². The van der Waals surface area contributed by atoms with Crippen LogP contribution in [0.2, 0.25) is 5.02 Å². The second kappa shape index (κ2) is 10.4. The number of fused-ring (bicyclic) bond motifs is 4. The van der Waals surface area contributed by atoms with Gasteiger partial charge in [-0.05, 0) is 91.8 Å². The number of ether oxygens (including phenoxy) is 1. The van der Waals surface area contributed by atoms with Crippen LogP contribution in [-0.4, -0.2) is 51.8 Å². The van der Waals surface area contributed by atoms with E-state index in [2.05, 4.69) is 26.5 Å². The van der Waals surface area contributed by atoms with E-state index in [0.717, 1.165) is 42.8 Å². The topological polar surface area (TPSA) is 108 Å². The highest BCUT2D eigenvalue weighted by Crippen LogP contribution is 2.46. The highest BCUT2D eigenvalue weighted by Gasteiger charge is 2.44. The maximum Gasteiger partial charge on any atom is 0.301 e. The largest absolute Gasteiger partial charge is 0.490 e. The van der Waals surface area contributed by atoms with Crippen molar-refractivity contribution in [1.82, 2.24) is 9.44 Å². The van der Waals surface area contributed by atoms with Crippen molar-refractivity contribution in [3.63, 3.8) is 0 Å². The number of rotatable bonds is 0. The Labute approximate surface area is 234 Å². The molecule has 2 aromatic rings. The zero-order valence-electron chi connectivity index (χ0n) is 21.7. The summed E-state index contributed by atoms with van der Waals surface area (Å²) in [5, 5.41) is 11.7. The second-order valence-corrected chi connectivity index (χ2v) is 13.3. The van der Waals surface area contributed by atoms with Gasteiger partial charge < -0.3 is 14.7 Å². The normalized spacial score (nSPS) is 31.1. The lowest BCUT2D eigenvalue weighted by molar-refractivity contribution is 0.0456. The third-order valence-corrected chi connectivity index (χ3v) is 10.1. The van der Waals surface area contributed by atoms with Crippen LogP contribution < -0.4 is 19.1 Å². The van der Waals surface area contributed by atoms with Crippen LogP contribution in [0.15, 0.2) is 48.6 Å². The maximum atomic E-state index is 13.0. The first-order valence-electron chi connectivity index (χ1n) is 13.7. The Hall–Kier alpha value is -2.59. The Bertz CT molecular complexity index is 1410. The Morgan fingerprint density at radius 3 is 2.85 bits per heavy atom. The summed E-state index contributed by atoms with van der Waals surface area (Å²) in [4.78, 5) is 15.3. The Morgan fingerprint density at radius 1 is 1.15 bits per heavy atom. The number of anilines is 1. The van der Waals surface area contributed by atoms with E-state index in [4.69, 9.17) is 16.3 Å². The number of aryl methyl sites for hydroxylation is 1. The lowest BCUT2D eigenvalue weighted by atomic mass is 9.68. The highest BCUT2D eigenvalue weighted by atomic mass is 35.5. The molecule has 2 aliphatic heterocycles. The zero-order chi connectivity index (χ0) is 27.2. The van der Waals surface area contributed by atoms with Crippen molar-refractivity contribution >= 4 is 33.4 Å². The first kappa shape index (κ1) is 26.6. The van der Waals surface area contributed by atoms with Gasteiger partial charge in [-0.1, -0.05) is 29.8 Å². The number of carbonyl (C=O) groups excluding carboxylic acids is 1. The average molecular weight is 572 g/mol. The van der Waals surface area contributed by atoms with E-state index in [1.54, 1.807) is 30.4 Å². The summed E-state index contributed by atoms with van der Waals surface area (Å²) in [5.74, 6) is 0.382. The summed E-state index contributed by atoms with van der Waals surface area (Å²) in [6.45, 7) is 2.02. The van der Waals surface area contributed by atoms with Crippen LogP contribution in [0.1, 0.15) is 53.6 Å². The Kier molecular flexibility index (Phi) is 7.12. The molecule has 2 heterocycles. The first-order valence-corrected chi connectivity index (χ1v) is 15.6. The Balaban J connectivity index is 1.42. The quantitative estimate of drug-likeness (QED) is 0.416. The maximum absolute atomic E-state index is 13.0. The molecule has 1 spiro atoms. The molecular weight excluding hydrogens is 538 g/mol. The molecular formula is C29H34ClN3O5S. The van der Waals surface area contributed by atoms with Crippen LogP contribution in [0, 0.1) is 11.8 Å². The minimum atomic E-state index is -4.03. The molecule has 8 nitrogen and oxygen atoms in total. The number of carbonyl (C=O) groups is 1. The third kappa shape index (κ3) is 5.29. The van der Waals surface area contributed by atoms with Gasteiger partial charge in [-0.2, -0.15) is 13.1 Å². The molecule has 6 rings (SSSR count). The number of hydrogen-bond acceptors (Lipinski definition) is 6. The molecule has 208 valence electrons. The minimum absolute atomic E-state index is 0.123. The number of aliphatic hydroxyl groups excluding tert-OH is 1. The molecule has 3 N–H and O–H groups in total. The van der Waals surface area contributed by atoms with Gasteiger partial charge in [0.1, 0.15) is 5.75 Å². The van der Waals surface area contributed by atoms with Crippen LogP contribution in [0.4, 0.5) is 5.69 Å². The van der Waals surface area contributed by atoms with Crippen LogP contribution in [0.3, 0.4) is 0 Å². The molecule has 2 aromatic carbocycles. The van der Waals surface area contributed by atoms with Crippen molar-refractivity contribution in [2.75, 3.05) is 31.1 Å². The zero-order valence-corrected chi connectivity index (χ0v) is 23.3. The van der Waals surface area contributed by atoms with E-state index < -0.39 is 22.2 Å². The molecule has 10 heteroatoms. The number of benzene rings is 2. The van der Waals surface area contributed by atoms with E-state index >= 15 is 0 Å². The molecule has 1 amide bonds. The molecule has 1 saturated carbocycles. The predicted octanol–water partition coefficient (Wildman–Crippen LogP) is 3.72. The Morgan fingerprint density at radius 2 is 2.03 bits per heavy atom. The minimum Gasteiger partial charge on any atom is -0.490 e. The summed E-state index contributed by atoms with van der Waals surface area (Å²) >= 11 is 6.36. The van der Waals surface area contributed by atoms with Crippen molar-refractivity contribution < 1.29 is 23.1 Å². The monoisotopic (exact) mass is 571 g/mol. The molecule has 2 aliphatic carbocycles. The summed E-state index contributed by atoms with van der Waals surface area (Å²) < 4.78 is 35.9. The predicted molar refractivity (Wildman–Crippen MR) is 151 cm³/mol. The molecule has 4 aliphatic rings. The van der Waals surface area contributed by atoms with Gasteiger partial charge in [-0.3, -0.25) is 4.79 Å². The van der Waals surface area contributed by atoms with E-state index in [1.165, 1.54) is 11.1 Å². The van der Waals surface area contributed by atoms with Crippen molar-refractivity contribution in [1.29, 1.82) is 0 Å². The number of nitrogens with zero attached hydrogens (tertiary/aromatic N) is 1. The second-order valence-electron chi connectivity index (χ2n) is 11.3. The van der Waals surface area contributed by atoms with Gasteiger partial charge in [0.15, 0.2) is 0 Å². The van der Waals surface area contributed by atoms with E-state index in [9.17, 15) is 18.3 Å². The molecule has 0 saturated heterocycles. The van der Waals surface area contributed by atoms with Gasteiger partial charge in [0.25, 0.3) is 5.91 Å². The number of nitrogens with one attached hydrogen (secondary N) is 2. The van der Waals surface area contributed by atoms with Gasteiger partial charge in [-0.15, -0.1) is 0 Å². The lowest BCUT2D eigenvalue weighted by Crippen LogP contribution is -2.49.